The lowest BCUT2D eigenvalue weighted by Crippen LogP contribution is -2.35. The van der Waals surface area contributed by atoms with Crippen molar-refractivity contribution in [3.63, 3.8) is 0 Å². The average molecular weight is 508 g/mol. The van der Waals surface area contributed by atoms with Gasteiger partial charge >= 0.3 is 0 Å². The summed E-state index contributed by atoms with van der Waals surface area (Å²) >= 11 is 0. The van der Waals surface area contributed by atoms with Gasteiger partial charge in [0.1, 0.15) is 34.9 Å². The third-order valence-corrected chi connectivity index (χ3v) is 6.18. The van der Waals surface area contributed by atoms with Crippen LogP contribution in [-0.4, -0.2) is 54.0 Å². The van der Waals surface area contributed by atoms with Crippen LogP contribution in [0.5, 0.6) is 0 Å². The van der Waals surface area contributed by atoms with Crippen LogP contribution in [0, 0.1) is 34.9 Å². The topological polar surface area (TPSA) is 9.72 Å². The number of hydrogen-bond donors (Lipinski definition) is 0. The first-order chi connectivity index (χ1) is 17.2. The molecule has 3 nitrogen and oxygen atoms in total. The van der Waals surface area contributed by atoms with E-state index in [9.17, 15) is 26.3 Å². The Kier molecular flexibility index (Phi) is 8.66. The van der Waals surface area contributed by atoms with Crippen LogP contribution in [0.15, 0.2) is 54.6 Å². The Hall–Kier alpha value is -2.88. The zero-order valence-electron chi connectivity index (χ0n) is 19.7. The Morgan fingerprint density at radius 2 is 0.556 bits per heavy atom. The molecule has 1 aliphatic rings. The second kappa shape index (κ2) is 11.9. The zero-order chi connectivity index (χ0) is 25.7. The van der Waals surface area contributed by atoms with Crippen molar-refractivity contribution < 1.29 is 26.3 Å². The first-order valence-electron chi connectivity index (χ1n) is 11.7. The highest BCUT2D eigenvalue weighted by molar-refractivity contribution is 5.20. The number of rotatable bonds is 6. The number of benzene rings is 3. The second-order valence-corrected chi connectivity index (χ2v) is 9.16. The second-order valence-electron chi connectivity index (χ2n) is 9.16. The van der Waals surface area contributed by atoms with Crippen molar-refractivity contribution in [2.24, 2.45) is 0 Å². The highest BCUT2D eigenvalue weighted by Crippen LogP contribution is 2.16. The molecule has 0 N–H and O–H groups in total. The van der Waals surface area contributed by atoms with E-state index in [1.54, 1.807) is 0 Å². The van der Waals surface area contributed by atoms with Gasteiger partial charge in [-0.1, -0.05) is 0 Å². The molecule has 3 aromatic rings. The zero-order valence-corrected chi connectivity index (χ0v) is 19.7. The molecule has 0 atom stereocenters. The van der Waals surface area contributed by atoms with Crippen LogP contribution in [0.3, 0.4) is 0 Å². The molecule has 1 saturated heterocycles. The van der Waals surface area contributed by atoms with E-state index in [1.165, 1.54) is 36.4 Å². The lowest BCUT2D eigenvalue weighted by atomic mass is 10.2. The summed E-state index contributed by atoms with van der Waals surface area (Å²) in [5, 5.41) is 0. The molecule has 1 aliphatic heterocycles. The fourth-order valence-electron chi connectivity index (χ4n) is 4.54. The molecule has 3 aromatic carbocycles. The molecule has 0 bridgehead atoms. The van der Waals surface area contributed by atoms with Crippen molar-refractivity contribution in [3.8, 4) is 0 Å². The Morgan fingerprint density at radius 3 is 0.750 bits per heavy atom. The Balaban J connectivity index is 1.52. The third-order valence-electron chi connectivity index (χ3n) is 6.18. The van der Waals surface area contributed by atoms with Gasteiger partial charge in [-0.15, -0.1) is 0 Å². The molecule has 0 aliphatic carbocycles. The molecular formula is C27H27F6N3. The predicted octanol–water partition coefficient (Wildman–Crippen LogP) is 5.34. The average Bonchev–Trinajstić information content (AvgIpc) is 2.84. The summed E-state index contributed by atoms with van der Waals surface area (Å²) in [5.74, 6) is -3.92. The standard InChI is InChI=1S/C27H27F6N3/c28-22-7-19(8-23(29)13-22)16-34-1-2-35(17-20-9-24(30)14-25(31)10-20)5-6-36(4-3-34)18-21-11-26(32)15-27(33)12-21/h7-15H,1-6,16-18H2. The summed E-state index contributed by atoms with van der Waals surface area (Å²) in [6.45, 7) is 4.24. The van der Waals surface area contributed by atoms with Crippen LogP contribution in [0.1, 0.15) is 16.7 Å². The fraction of sp³-hybridized carbons (Fsp3) is 0.333. The molecule has 0 spiro atoms. The first-order valence-corrected chi connectivity index (χ1v) is 11.7. The minimum atomic E-state index is -0.654. The van der Waals surface area contributed by atoms with Gasteiger partial charge in [-0.2, -0.15) is 0 Å². The van der Waals surface area contributed by atoms with Gasteiger partial charge in [0.15, 0.2) is 0 Å². The lowest BCUT2D eigenvalue weighted by molar-refractivity contribution is 0.209. The molecule has 1 fully saturated rings. The van der Waals surface area contributed by atoms with Gasteiger partial charge in [-0.05, 0) is 53.1 Å². The van der Waals surface area contributed by atoms with Crippen molar-refractivity contribution in [2.45, 2.75) is 19.6 Å². The Bertz CT molecular complexity index is 969. The van der Waals surface area contributed by atoms with Crippen molar-refractivity contribution in [2.75, 3.05) is 39.3 Å². The minimum Gasteiger partial charge on any atom is -0.297 e. The summed E-state index contributed by atoms with van der Waals surface area (Å²) in [5.41, 5.74) is 1.47. The van der Waals surface area contributed by atoms with Crippen LogP contribution in [0.2, 0.25) is 0 Å². The van der Waals surface area contributed by atoms with Crippen LogP contribution in [0.25, 0.3) is 0 Å². The molecule has 0 unspecified atom stereocenters. The van der Waals surface area contributed by atoms with E-state index >= 15 is 0 Å². The van der Waals surface area contributed by atoms with E-state index in [0.29, 0.717) is 75.6 Å². The minimum absolute atomic E-state index is 0.305. The van der Waals surface area contributed by atoms with Crippen LogP contribution >= 0.6 is 0 Å². The van der Waals surface area contributed by atoms with Gasteiger partial charge in [0.25, 0.3) is 0 Å². The maximum atomic E-state index is 13.7. The molecule has 36 heavy (non-hydrogen) atoms. The largest absolute Gasteiger partial charge is 0.297 e. The summed E-state index contributed by atoms with van der Waals surface area (Å²) in [7, 11) is 0. The summed E-state index contributed by atoms with van der Waals surface area (Å²) in [4.78, 5) is 6.12. The smallest absolute Gasteiger partial charge is 0.126 e. The van der Waals surface area contributed by atoms with E-state index in [4.69, 9.17) is 0 Å². The van der Waals surface area contributed by atoms with Crippen LogP contribution in [-0.2, 0) is 19.6 Å². The van der Waals surface area contributed by atoms with Crippen molar-refractivity contribution >= 4 is 0 Å². The van der Waals surface area contributed by atoms with Crippen molar-refractivity contribution in [3.05, 3.63) is 106 Å². The maximum Gasteiger partial charge on any atom is 0.126 e. The van der Waals surface area contributed by atoms with E-state index in [1.807, 2.05) is 14.7 Å². The monoisotopic (exact) mass is 507 g/mol. The maximum absolute atomic E-state index is 13.7. The predicted molar refractivity (Wildman–Crippen MR) is 125 cm³/mol. The molecule has 192 valence electrons. The molecule has 0 radical (unpaired) electrons. The van der Waals surface area contributed by atoms with E-state index in [-0.39, 0.29) is 0 Å². The molecule has 9 heteroatoms. The Morgan fingerprint density at radius 1 is 0.361 bits per heavy atom. The van der Waals surface area contributed by atoms with E-state index < -0.39 is 34.9 Å². The normalized spacial score (nSPS) is 16.5. The van der Waals surface area contributed by atoms with Gasteiger partial charge in [-0.25, -0.2) is 26.3 Å². The SMILES string of the molecule is Fc1cc(F)cc(CN2CCN(Cc3cc(F)cc(F)c3)CCN(Cc3cc(F)cc(F)c3)CC2)c1. The van der Waals surface area contributed by atoms with Crippen molar-refractivity contribution in [1.82, 2.24) is 14.7 Å². The Labute approximate surface area is 206 Å². The highest BCUT2D eigenvalue weighted by Gasteiger charge is 2.19. The van der Waals surface area contributed by atoms with Gasteiger partial charge in [-0.3, -0.25) is 14.7 Å². The van der Waals surface area contributed by atoms with Gasteiger partial charge in [0.05, 0.1) is 0 Å². The van der Waals surface area contributed by atoms with Crippen molar-refractivity contribution in [1.29, 1.82) is 0 Å². The number of halogens is 6. The molecule has 0 saturated carbocycles. The lowest BCUT2D eigenvalue weighted by Gasteiger charge is -2.26. The molecule has 4 rings (SSSR count). The highest BCUT2D eigenvalue weighted by atomic mass is 19.2. The summed E-state index contributed by atoms with van der Waals surface area (Å²) in [6, 6.07) is 10.2. The summed E-state index contributed by atoms with van der Waals surface area (Å²) in [6.07, 6.45) is 0. The van der Waals surface area contributed by atoms with E-state index in [0.717, 1.165) is 18.2 Å². The molecule has 0 aromatic heterocycles. The first kappa shape index (κ1) is 26.2. The molecule has 1 heterocycles. The molecular weight excluding hydrogens is 480 g/mol. The molecule has 0 amide bonds. The number of nitrogens with zero attached hydrogens (tertiary/aromatic N) is 3. The fourth-order valence-corrected chi connectivity index (χ4v) is 4.54. The van der Waals surface area contributed by atoms with Crippen LogP contribution in [0.4, 0.5) is 26.3 Å². The number of hydrogen-bond acceptors (Lipinski definition) is 3. The van der Waals surface area contributed by atoms with E-state index in [2.05, 4.69) is 0 Å². The quantitative estimate of drug-likeness (QED) is 0.417. The van der Waals surface area contributed by atoms with Gasteiger partial charge in [0, 0.05) is 77.1 Å². The summed E-state index contributed by atoms with van der Waals surface area (Å²) < 4.78 is 82.4. The van der Waals surface area contributed by atoms with Gasteiger partial charge in [0.2, 0.25) is 0 Å². The van der Waals surface area contributed by atoms with Gasteiger partial charge < -0.3 is 0 Å². The third kappa shape index (κ3) is 7.81. The van der Waals surface area contributed by atoms with Crippen LogP contribution < -0.4 is 0 Å².